The van der Waals surface area contributed by atoms with Crippen LogP contribution in [0.3, 0.4) is 0 Å². The lowest BCUT2D eigenvalue weighted by Crippen LogP contribution is -2.42. The fourth-order valence-electron chi connectivity index (χ4n) is 3.37. The number of amides is 1. The van der Waals surface area contributed by atoms with Crippen molar-refractivity contribution in [3.8, 4) is 0 Å². The van der Waals surface area contributed by atoms with E-state index in [0.29, 0.717) is 6.54 Å². The maximum Gasteiger partial charge on any atom is 0.224 e. The van der Waals surface area contributed by atoms with Crippen LogP contribution >= 0.6 is 0 Å². The number of carbonyl (C=O) groups excluding carboxylic acids is 1. The molecule has 1 unspecified atom stereocenters. The van der Waals surface area contributed by atoms with Gasteiger partial charge in [-0.3, -0.25) is 14.7 Å². The van der Waals surface area contributed by atoms with Crippen LogP contribution in [0, 0.1) is 12.8 Å². The van der Waals surface area contributed by atoms with E-state index in [1.807, 2.05) is 30.8 Å². The molecule has 0 aliphatic carbocycles. The van der Waals surface area contributed by atoms with Gasteiger partial charge in [-0.2, -0.15) is 0 Å². The summed E-state index contributed by atoms with van der Waals surface area (Å²) in [6.07, 6.45) is 5.67. The topological polar surface area (TPSA) is 75.9 Å². The van der Waals surface area contributed by atoms with E-state index in [-0.39, 0.29) is 11.8 Å². The fourth-order valence-corrected chi connectivity index (χ4v) is 3.37. The standard InChI is InChI=1S/C18H26N6O/c1-3-24-17(14(2)21-22-24)11-20-18(25)16-7-5-9-23(13-16)12-15-6-4-8-19-10-15/h4,6,8,10,16H,3,5,7,9,11-13H2,1-2H3,(H,20,25). The molecule has 0 saturated carbocycles. The minimum Gasteiger partial charge on any atom is -0.350 e. The van der Waals surface area contributed by atoms with Gasteiger partial charge < -0.3 is 5.32 Å². The number of carbonyl (C=O) groups is 1. The Hall–Kier alpha value is -2.28. The van der Waals surface area contributed by atoms with Gasteiger partial charge in [0, 0.05) is 32.0 Å². The quantitative estimate of drug-likeness (QED) is 0.861. The van der Waals surface area contributed by atoms with Gasteiger partial charge in [0.15, 0.2) is 0 Å². The van der Waals surface area contributed by atoms with Gasteiger partial charge in [-0.1, -0.05) is 11.3 Å². The Morgan fingerprint density at radius 1 is 1.44 bits per heavy atom. The van der Waals surface area contributed by atoms with Crippen molar-refractivity contribution in [2.24, 2.45) is 5.92 Å². The van der Waals surface area contributed by atoms with Gasteiger partial charge in [-0.25, -0.2) is 4.68 Å². The summed E-state index contributed by atoms with van der Waals surface area (Å²) in [5.41, 5.74) is 3.06. The Morgan fingerprint density at radius 2 is 2.32 bits per heavy atom. The lowest BCUT2D eigenvalue weighted by Gasteiger charge is -2.32. The first-order valence-electron chi connectivity index (χ1n) is 8.95. The molecule has 7 nitrogen and oxygen atoms in total. The zero-order valence-corrected chi connectivity index (χ0v) is 15.0. The van der Waals surface area contributed by atoms with E-state index in [2.05, 4.69) is 31.6 Å². The van der Waals surface area contributed by atoms with Gasteiger partial charge >= 0.3 is 0 Å². The molecule has 1 amide bonds. The summed E-state index contributed by atoms with van der Waals surface area (Å²) < 4.78 is 1.84. The SMILES string of the molecule is CCn1nnc(C)c1CNC(=O)C1CCCN(Cc2cccnc2)C1. The molecule has 1 atom stereocenters. The number of nitrogens with zero attached hydrogens (tertiary/aromatic N) is 5. The van der Waals surface area contributed by atoms with Crippen molar-refractivity contribution in [1.29, 1.82) is 0 Å². The van der Waals surface area contributed by atoms with E-state index in [4.69, 9.17) is 0 Å². The lowest BCUT2D eigenvalue weighted by atomic mass is 9.96. The van der Waals surface area contributed by atoms with Crippen molar-refractivity contribution in [1.82, 2.24) is 30.2 Å². The molecule has 7 heteroatoms. The van der Waals surface area contributed by atoms with Crippen LogP contribution in [0.25, 0.3) is 0 Å². The third-order valence-electron chi connectivity index (χ3n) is 4.77. The summed E-state index contributed by atoms with van der Waals surface area (Å²) in [5, 5.41) is 11.2. The first kappa shape index (κ1) is 17.5. The lowest BCUT2D eigenvalue weighted by molar-refractivity contribution is -0.127. The smallest absolute Gasteiger partial charge is 0.224 e. The number of piperidine rings is 1. The van der Waals surface area contributed by atoms with Gasteiger partial charge in [-0.15, -0.1) is 5.10 Å². The summed E-state index contributed by atoms with van der Waals surface area (Å²) in [7, 11) is 0. The molecular weight excluding hydrogens is 316 g/mol. The molecule has 2 aromatic rings. The molecule has 1 saturated heterocycles. The van der Waals surface area contributed by atoms with E-state index in [9.17, 15) is 4.79 Å². The molecule has 1 aliphatic heterocycles. The van der Waals surface area contributed by atoms with Crippen LogP contribution in [0.2, 0.25) is 0 Å². The first-order chi connectivity index (χ1) is 12.2. The molecule has 0 bridgehead atoms. The highest BCUT2D eigenvalue weighted by molar-refractivity contribution is 5.78. The molecule has 0 spiro atoms. The second-order valence-corrected chi connectivity index (χ2v) is 6.59. The highest BCUT2D eigenvalue weighted by Gasteiger charge is 2.26. The largest absolute Gasteiger partial charge is 0.350 e. The Labute approximate surface area is 148 Å². The minimum atomic E-state index is 0.0386. The number of hydrogen-bond acceptors (Lipinski definition) is 5. The van der Waals surface area contributed by atoms with Gasteiger partial charge in [0.25, 0.3) is 0 Å². The Balaban J connectivity index is 1.54. The van der Waals surface area contributed by atoms with E-state index in [1.54, 1.807) is 6.20 Å². The first-order valence-corrected chi connectivity index (χ1v) is 8.95. The van der Waals surface area contributed by atoms with Crippen LogP contribution < -0.4 is 5.32 Å². The van der Waals surface area contributed by atoms with Crippen LogP contribution in [-0.4, -0.2) is 43.9 Å². The third-order valence-corrected chi connectivity index (χ3v) is 4.77. The van der Waals surface area contributed by atoms with Crippen LogP contribution in [0.4, 0.5) is 0 Å². The predicted octanol–water partition coefficient (Wildman–Crippen LogP) is 1.53. The average molecular weight is 342 g/mol. The maximum absolute atomic E-state index is 12.6. The molecule has 3 rings (SSSR count). The number of aromatic nitrogens is 4. The Bertz CT molecular complexity index is 699. The summed E-state index contributed by atoms with van der Waals surface area (Å²) in [5.74, 6) is 0.163. The van der Waals surface area contributed by atoms with Crippen molar-refractivity contribution in [3.63, 3.8) is 0 Å². The van der Waals surface area contributed by atoms with Crippen molar-refractivity contribution in [3.05, 3.63) is 41.5 Å². The highest BCUT2D eigenvalue weighted by Crippen LogP contribution is 2.19. The monoisotopic (exact) mass is 342 g/mol. The average Bonchev–Trinajstić information content (AvgIpc) is 3.00. The second kappa shape index (κ2) is 8.20. The van der Waals surface area contributed by atoms with E-state index < -0.39 is 0 Å². The van der Waals surface area contributed by atoms with Crippen molar-refractivity contribution in [2.45, 2.75) is 46.3 Å². The van der Waals surface area contributed by atoms with E-state index in [0.717, 1.165) is 50.4 Å². The number of pyridine rings is 1. The Morgan fingerprint density at radius 3 is 3.08 bits per heavy atom. The molecule has 1 aliphatic rings. The van der Waals surface area contributed by atoms with Crippen LogP contribution in [0.1, 0.15) is 36.7 Å². The summed E-state index contributed by atoms with van der Waals surface area (Å²) in [6, 6.07) is 4.04. The van der Waals surface area contributed by atoms with Crippen LogP contribution in [-0.2, 0) is 24.4 Å². The van der Waals surface area contributed by atoms with Crippen molar-refractivity contribution >= 4 is 5.91 Å². The normalized spacial score (nSPS) is 18.2. The van der Waals surface area contributed by atoms with Crippen molar-refractivity contribution in [2.75, 3.05) is 13.1 Å². The van der Waals surface area contributed by atoms with Gasteiger partial charge in [0.2, 0.25) is 5.91 Å². The molecule has 25 heavy (non-hydrogen) atoms. The van der Waals surface area contributed by atoms with Crippen LogP contribution in [0.5, 0.6) is 0 Å². The highest BCUT2D eigenvalue weighted by atomic mass is 16.1. The third kappa shape index (κ3) is 4.42. The zero-order valence-electron chi connectivity index (χ0n) is 15.0. The number of hydrogen-bond donors (Lipinski definition) is 1. The van der Waals surface area contributed by atoms with Gasteiger partial charge in [0.1, 0.15) is 0 Å². The maximum atomic E-state index is 12.6. The molecule has 134 valence electrons. The molecule has 1 fully saturated rings. The number of nitrogens with one attached hydrogen (secondary N) is 1. The molecule has 2 aromatic heterocycles. The number of likely N-dealkylation sites (tertiary alicyclic amines) is 1. The molecule has 0 radical (unpaired) electrons. The molecule has 0 aromatic carbocycles. The van der Waals surface area contributed by atoms with Gasteiger partial charge in [-0.05, 0) is 44.9 Å². The summed E-state index contributed by atoms with van der Waals surface area (Å²) in [6.45, 7) is 7.88. The molecule has 1 N–H and O–H groups in total. The van der Waals surface area contributed by atoms with Gasteiger partial charge in [0.05, 0.1) is 23.9 Å². The minimum absolute atomic E-state index is 0.0386. The summed E-state index contributed by atoms with van der Waals surface area (Å²) in [4.78, 5) is 19.1. The Kier molecular flexibility index (Phi) is 5.75. The second-order valence-electron chi connectivity index (χ2n) is 6.59. The van der Waals surface area contributed by atoms with E-state index in [1.165, 1.54) is 5.56 Å². The summed E-state index contributed by atoms with van der Waals surface area (Å²) >= 11 is 0. The van der Waals surface area contributed by atoms with Crippen molar-refractivity contribution < 1.29 is 4.79 Å². The molecular formula is C18H26N6O. The number of aryl methyl sites for hydroxylation is 2. The number of rotatable bonds is 6. The zero-order chi connectivity index (χ0) is 17.6. The van der Waals surface area contributed by atoms with E-state index >= 15 is 0 Å². The van der Waals surface area contributed by atoms with Crippen LogP contribution in [0.15, 0.2) is 24.5 Å². The molecule has 3 heterocycles. The fraction of sp³-hybridized carbons (Fsp3) is 0.556. The predicted molar refractivity (Wildman–Crippen MR) is 94.5 cm³/mol.